The van der Waals surface area contributed by atoms with Crippen LogP contribution in [0, 0.1) is 12.7 Å². The van der Waals surface area contributed by atoms with Gasteiger partial charge in [0, 0.05) is 5.56 Å². The van der Waals surface area contributed by atoms with Gasteiger partial charge in [-0.3, -0.25) is 0 Å². The zero-order chi connectivity index (χ0) is 11.7. The van der Waals surface area contributed by atoms with Crippen molar-refractivity contribution in [2.45, 2.75) is 13.0 Å². The molecule has 1 aromatic rings. The molecule has 0 bridgehead atoms. The van der Waals surface area contributed by atoms with E-state index >= 15 is 0 Å². The Morgan fingerprint density at radius 2 is 2.13 bits per heavy atom. The summed E-state index contributed by atoms with van der Waals surface area (Å²) in [6.45, 7) is 1.46. The Balaban J connectivity index is 3.38. The quantitative estimate of drug-likeness (QED) is 0.727. The number of carboxylic acids is 1. The number of benzene rings is 1. The zero-order valence-electron chi connectivity index (χ0n) is 7.66. The van der Waals surface area contributed by atoms with Gasteiger partial charge in [0.05, 0.1) is 5.02 Å². The summed E-state index contributed by atoms with van der Waals surface area (Å²) in [4.78, 5) is 10.4. The SMILES string of the molecule is Cc1cc(C(O)C(=O)O)c(F)c(O)c1Cl. The number of carbonyl (C=O) groups is 1. The number of aliphatic hydroxyl groups excluding tert-OH is 1. The number of hydrogen-bond acceptors (Lipinski definition) is 3. The van der Waals surface area contributed by atoms with E-state index in [4.69, 9.17) is 21.8 Å². The average molecular weight is 235 g/mol. The van der Waals surface area contributed by atoms with E-state index in [1.54, 1.807) is 0 Å². The average Bonchev–Trinajstić information content (AvgIpc) is 2.19. The van der Waals surface area contributed by atoms with Crippen molar-refractivity contribution in [2.75, 3.05) is 0 Å². The first-order valence-electron chi connectivity index (χ1n) is 3.94. The van der Waals surface area contributed by atoms with Crippen molar-refractivity contribution < 1.29 is 24.5 Å². The van der Waals surface area contributed by atoms with E-state index < -0.39 is 29.2 Å². The van der Waals surface area contributed by atoms with Crippen LogP contribution in [0.3, 0.4) is 0 Å². The molecular formula is C9H8ClFO4. The molecule has 1 atom stereocenters. The molecule has 15 heavy (non-hydrogen) atoms. The molecular weight excluding hydrogens is 227 g/mol. The number of halogens is 2. The summed E-state index contributed by atoms with van der Waals surface area (Å²) in [6.07, 6.45) is -2.02. The minimum absolute atomic E-state index is 0.200. The number of rotatable bonds is 2. The predicted molar refractivity (Wildman–Crippen MR) is 50.4 cm³/mol. The molecule has 0 aliphatic rings. The van der Waals surface area contributed by atoms with Crippen molar-refractivity contribution in [3.63, 3.8) is 0 Å². The van der Waals surface area contributed by atoms with E-state index in [9.17, 15) is 14.3 Å². The summed E-state index contributed by atoms with van der Waals surface area (Å²) in [5.41, 5.74) is -0.229. The molecule has 0 saturated heterocycles. The molecule has 1 rings (SSSR count). The fraction of sp³-hybridized carbons (Fsp3) is 0.222. The molecule has 4 nitrogen and oxygen atoms in total. The molecule has 6 heteroatoms. The van der Waals surface area contributed by atoms with Crippen LogP contribution in [0.5, 0.6) is 5.75 Å². The molecule has 0 aliphatic heterocycles. The molecule has 82 valence electrons. The van der Waals surface area contributed by atoms with Gasteiger partial charge < -0.3 is 15.3 Å². The van der Waals surface area contributed by atoms with E-state index in [0.29, 0.717) is 0 Å². The molecule has 0 saturated carbocycles. The van der Waals surface area contributed by atoms with E-state index in [0.717, 1.165) is 6.07 Å². The van der Waals surface area contributed by atoms with E-state index in [1.165, 1.54) is 6.92 Å². The van der Waals surface area contributed by atoms with Crippen LogP contribution < -0.4 is 0 Å². The topological polar surface area (TPSA) is 77.8 Å². The Bertz CT molecular complexity index is 419. The lowest BCUT2D eigenvalue weighted by Gasteiger charge is -2.11. The molecule has 1 aromatic carbocycles. The van der Waals surface area contributed by atoms with E-state index in [1.807, 2.05) is 0 Å². The van der Waals surface area contributed by atoms with Crippen molar-refractivity contribution in [2.24, 2.45) is 0 Å². The zero-order valence-corrected chi connectivity index (χ0v) is 8.42. The highest BCUT2D eigenvalue weighted by Gasteiger charge is 2.24. The third-order valence-electron chi connectivity index (χ3n) is 1.92. The number of hydrogen-bond donors (Lipinski definition) is 3. The largest absolute Gasteiger partial charge is 0.504 e. The van der Waals surface area contributed by atoms with Gasteiger partial charge in [-0.15, -0.1) is 0 Å². The fourth-order valence-electron chi connectivity index (χ4n) is 1.11. The summed E-state index contributed by atoms with van der Waals surface area (Å²) in [5, 5.41) is 26.6. The molecule has 0 fully saturated rings. The van der Waals surface area contributed by atoms with Crippen molar-refractivity contribution in [1.29, 1.82) is 0 Å². The summed E-state index contributed by atoms with van der Waals surface area (Å²) >= 11 is 5.52. The van der Waals surface area contributed by atoms with Gasteiger partial charge in [0.1, 0.15) is 0 Å². The molecule has 3 N–H and O–H groups in total. The van der Waals surface area contributed by atoms with Crippen LogP contribution in [0.1, 0.15) is 17.2 Å². The third-order valence-corrected chi connectivity index (χ3v) is 2.39. The van der Waals surface area contributed by atoms with Crippen LogP contribution in [-0.2, 0) is 4.79 Å². The molecule has 0 aliphatic carbocycles. The standard InChI is InChI=1S/C9H8ClFO4/c1-3-2-4(7(12)9(14)15)6(11)8(13)5(3)10/h2,7,12-13H,1H3,(H,14,15). The van der Waals surface area contributed by atoms with Gasteiger partial charge in [0.25, 0.3) is 0 Å². The molecule has 0 aromatic heterocycles. The highest BCUT2D eigenvalue weighted by Crippen LogP contribution is 2.34. The van der Waals surface area contributed by atoms with Crippen LogP contribution in [0.4, 0.5) is 4.39 Å². The van der Waals surface area contributed by atoms with Gasteiger partial charge in [-0.1, -0.05) is 11.6 Å². The third kappa shape index (κ3) is 2.03. The smallest absolute Gasteiger partial charge is 0.337 e. The number of aliphatic hydroxyl groups is 1. The van der Waals surface area contributed by atoms with Gasteiger partial charge in [-0.2, -0.15) is 0 Å². The van der Waals surface area contributed by atoms with Gasteiger partial charge >= 0.3 is 5.97 Å². The minimum Gasteiger partial charge on any atom is -0.504 e. The summed E-state index contributed by atoms with van der Waals surface area (Å²) in [5.74, 6) is -3.68. The highest BCUT2D eigenvalue weighted by atomic mass is 35.5. The second kappa shape index (κ2) is 4.04. The van der Waals surface area contributed by atoms with Crippen molar-refractivity contribution in [3.8, 4) is 5.75 Å². The first-order chi connectivity index (χ1) is 6.86. The Morgan fingerprint density at radius 3 is 2.60 bits per heavy atom. The van der Waals surface area contributed by atoms with Crippen LogP contribution in [-0.4, -0.2) is 21.3 Å². The first kappa shape index (κ1) is 11.7. The van der Waals surface area contributed by atoms with Crippen molar-refractivity contribution >= 4 is 17.6 Å². The predicted octanol–water partition coefficient (Wildman–Crippen LogP) is 1.61. The van der Waals surface area contributed by atoms with E-state index in [2.05, 4.69) is 0 Å². The second-order valence-corrected chi connectivity index (χ2v) is 3.38. The van der Waals surface area contributed by atoms with Crippen molar-refractivity contribution in [1.82, 2.24) is 0 Å². The van der Waals surface area contributed by atoms with Gasteiger partial charge in [0.2, 0.25) is 0 Å². The first-order valence-corrected chi connectivity index (χ1v) is 4.32. The number of carboxylic acid groups (broad SMARTS) is 1. The highest BCUT2D eigenvalue weighted by molar-refractivity contribution is 6.32. The van der Waals surface area contributed by atoms with Crippen LogP contribution >= 0.6 is 11.6 Å². The molecule has 0 spiro atoms. The summed E-state index contributed by atoms with van der Waals surface area (Å²) in [6, 6.07) is 1.08. The Hall–Kier alpha value is -1.33. The molecule has 0 radical (unpaired) electrons. The normalized spacial score (nSPS) is 12.5. The lowest BCUT2D eigenvalue weighted by molar-refractivity contribution is -0.147. The lowest BCUT2D eigenvalue weighted by atomic mass is 10.1. The monoisotopic (exact) mass is 234 g/mol. The number of phenols is 1. The summed E-state index contributed by atoms with van der Waals surface area (Å²) in [7, 11) is 0. The number of aliphatic carboxylic acids is 1. The lowest BCUT2D eigenvalue weighted by Crippen LogP contribution is -2.12. The number of aromatic hydroxyl groups is 1. The Morgan fingerprint density at radius 1 is 1.60 bits per heavy atom. The van der Waals surface area contributed by atoms with Crippen LogP contribution in [0.2, 0.25) is 5.02 Å². The van der Waals surface area contributed by atoms with E-state index in [-0.39, 0.29) is 10.6 Å². The molecule has 1 unspecified atom stereocenters. The Labute approximate surface area is 89.5 Å². The maximum absolute atomic E-state index is 13.3. The molecule has 0 amide bonds. The minimum atomic E-state index is -2.02. The molecule has 0 heterocycles. The Kier molecular flexibility index (Phi) is 3.16. The van der Waals surface area contributed by atoms with Crippen LogP contribution in [0.25, 0.3) is 0 Å². The summed E-state index contributed by atoms with van der Waals surface area (Å²) < 4.78 is 13.3. The van der Waals surface area contributed by atoms with Gasteiger partial charge in [0.15, 0.2) is 17.7 Å². The van der Waals surface area contributed by atoms with Crippen LogP contribution in [0.15, 0.2) is 6.07 Å². The second-order valence-electron chi connectivity index (χ2n) is 3.00. The maximum Gasteiger partial charge on any atom is 0.337 e. The maximum atomic E-state index is 13.3. The van der Waals surface area contributed by atoms with Gasteiger partial charge in [-0.25, -0.2) is 9.18 Å². The number of aryl methyl sites for hydroxylation is 1. The van der Waals surface area contributed by atoms with Crippen molar-refractivity contribution in [3.05, 3.63) is 28.0 Å². The fourth-order valence-corrected chi connectivity index (χ4v) is 1.25. The number of phenolic OH excluding ortho intramolecular Hbond substituents is 1. The van der Waals surface area contributed by atoms with Gasteiger partial charge in [-0.05, 0) is 18.6 Å².